The molecule has 0 radical (unpaired) electrons. The first-order valence-corrected chi connectivity index (χ1v) is 12.8. The van der Waals surface area contributed by atoms with Crippen molar-refractivity contribution in [1.82, 2.24) is 0 Å². The topological polar surface area (TPSA) is 70.7 Å². The molecule has 0 saturated carbocycles. The second-order valence-corrected chi connectivity index (χ2v) is 9.91. The van der Waals surface area contributed by atoms with E-state index in [0.29, 0.717) is 6.54 Å². The van der Waals surface area contributed by atoms with Gasteiger partial charge >= 0.3 is 5.97 Å². The first kappa shape index (κ1) is 23.8. The number of rotatable bonds is 5. The number of para-hydroxylation sites is 2. The second kappa shape index (κ2) is 9.38. The number of nitrogens with one attached hydrogen (secondary N) is 2. The first-order chi connectivity index (χ1) is 18.5. The number of hydrogen-bond donors (Lipinski definition) is 2. The van der Waals surface area contributed by atoms with Gasteiger partial charge in [-0.1, -0.05) is 84.4 Å². The van der Waals surface area contributed by atoms with Crippen molar-refractivity contribution in [2.75, 3.05) is 22.6 Å². The standard InChI is InChI=1S/C32H29N3O3/c1-21-17-18-27-25(19-21)32(31(37)35(27)20-22-11-5-3-6-12-22)28(30(36)38-2)29(33-23-13-7-4-8-14-23)24-15-9-10-16-26(24)34-32/h3-19,28-29,33-34H,20H2,1-2H3/t28-,29-,32-/m1/s1. The maximum Gasteiger partial charge on any atom is 0.314 e. The fraction of sp³-hybridized carbons (Fsp3) is 0.188. The molecule has 0 saturated heterocycles. The molecule has 0 bridgehead atoms. The van der Waals surface area contributed by atoms with E-state index in [1.54, 1.807) is 4.90 Å². The van der Waals surface area contributed by atoms with Crippen LogP contribution in [0.5, 0.6) is 0 Å². The molecule has 2 heterocycles. The Balaban J connectivity index is 1.57. The van der Waals surface area contributed by atoms with Crippen LogP contribution in [0.4, 0.5) is 17.1 Å². The average Bonchev–Trinajstić information content (AvgIpc) is 3.16. The number of fused-ring (bicyclic) bond motifs is 3. The smallest absolute Gasteiger partial charge is 0.314 e. The lowest BCUT2D eigenvalue weighted by molar-refractivity contribution is -0.151. The molecule has 0 aliphatic carbocycles. The Labute approximate surface area is 222 Å². The summed E-state index contributed by atoms with van der Waals surface area (Å²) >= 11 is 0. The van der Waals surface area contributed by atoms with Gasteiger partial charge in [-0.15, -0.1) is 0 Å². The molecule has 38 heavy (non-hydrogen) atoms. The molecule has 190 valence electrons. The molecule has 2 N–H and O–H groups in total. The Morgan fingerprint density at radius 1 is 0.947 bits per heavy atom. The minimum absolute atomic E-state index is 0.174. The van der Waals surface area contributed by atoms with E-state index in [-0.39, 0.29) is 5.91 Å². The van der Waals surface area contributed by atoms with Gasteiger partial charge in [-0.05, 0) is 42.3 Å². The predicted octanol–water partition coefficient (Wildman–Crippen LogP) is 5.81. The number of benzene rings is 4. The van der Waals surface area contributed by atoms with Crippen molar-refractivity contribution in [2.24, 2.45) is 5.92 Å². The summed E-state index contributed by atoms with van der Waals surface area (Å²) < 4.78 is 5.42. The molecule has 2 aliphatic heterocycles. The van der Waals surface area contributed by atoms with Gasteiger partial charge in [-0.25, -0.2) is 0 Å². The monoisotopic (exact) mass is 503 g/mol. The molecule has 4 aromatic rings. The third kappa shape index (κ3) is 3.72. The van der Waals surface area contributed by atoms with Crippen LogP contribution in [0.3, 0.4) is 0 Å². The Morgan fingerprint density at radius 2 is 1.63 bits per heavy atom. The van der Waals surface area contributed by atoms with Crippen molar-refractivity contribution >= 4 is 28.9 Å². The minimum Gasteiger partial charge on any atom is -0.469 e. The Morgan fingerprint density at radius 3 is 2.37 bits per heavy atom. The van der Waals surface area contributed by atoms with Crippen LogP contribution in [-0.2, 0) is 26.4 Å². The average molecular weight is 504 g/mol. The van der Waals surface area contributed by atoms with Gasteiger partial charge in [0.2, 0.25) is 0 Å². The zero-order valence-electron chi connectivity index (χ0n) is 21.3. The third-order valence-electron chi connectivity index (χ3n) is 7.61. The fourth-order valence-electron chi connectivity index (χ4n) is 5.90. The Kier molecular flexibility index (Phi) is 5.87. The van der Waals surface area contributed by atoms with Gasteiger partial charge < -0.3 is 20.3 Å². The number of hydrogen-bond acceptors (Lipinski definition) is 5. The maximum absolute atomic E-state index is 14.7. The number of aryl methyl sites for hydroxylation is 1. The quantitative estimate of drug-likeness (QED) is 0.337. The molecule has 3 atom stereocenters. The largest absolute Gasteiger partial charge is 0.469 e. The molecule has 0 fully saturated rings. The van der Waals surface area contributed by atoms with Crippen LogP contribution in [0.15, 0.2) is 103 Å². The SMILES string of the molecule is COC(=O)[C@H]1[C@H](Nc2ccccc2)c2ccccc2N[C@@]12C(=O)N(Cc1ccccc1)c1ccc(C)cc12. The summed E-state index contributed by atoms with van der Waals surface area (Å²) in [5.74, 6) is -1.51. The molecule has 2 aliphatic rings. The third-order valence-corrected chi connectivity index (χ3v) is 7.61. The van der Waals surface area contributed by atoms with Gasteiger partial charge in [-0.2, -0.15) is 0 Å². The zero-order chi connectivity index (χ0) is 26.3. The van der Waals surface area contributed by atoms with Crippen molar-refractivity contribution < 1.29 is 14.3 Å². The number of amides is 1. The van der Waals surface area contributed by atoms with Crippen molar-refractivity contribution in [3.63, 3.8) is 0 Å². The molecular weight excluding hydrogens is 474 g/mol. The summed E-state index contributed by atoms with van der Waals surface area (Å²) in [7, 11) is 1.38. The van der Waals surface area contributed by atoms with Crippen LogP contribution >= 0.6 is 0 Å². The van der Waals surface area contributed by atoms with E-state index in [2.05, 4.69) is 10.6 Å². The Bertz CT molecular complexity index is 1510. The van der Waals surface area contributed by atoms with Gasteiger partial charge in [0.25, 0.3) is 5.91 Å². The van der Waals surface area contributed by atoms with Gasteiger partial charge in [0, 0.05) is 16.9 Å². The highest BCUT2D eigenvalue weighted by Crippen LogP contribution is 2.55. The molecule has 1 spiro atoms. The minimum atomic E-state index is -1.36. The second-order valence-electron chi connectivity index (χ2n) is 9.91. The molecule has 0 unspecified atom stereocenters. The zero-order valence-corrected chi connectivity index (χ0v) is 21.3. The normalized spacial score (nSPS) is 21.4. The lowest BCUT2D eigenvalue weighted by atomic mass is 9.69. The van der Waals surface area contributed by atoms with Crippen LogP contribution in [-0.4, -0.2) is 19.0 Å². The highest BCUT2D eigenvalue weighted by atomic mass is 16.5. The highest BCUT2D eigenvalue weighted by molar-refractivity contribution is 6.12. The number of methoxy groups -OCH3 is 1. The van der Waals surface area contributed by atoms with Gasteiger partial charge in [0.1, 0.15) is 5.92 Å². The molecule has 0 aromatic heterocycles. The van der Waals surface area contributed by atoms with E-state index < -0.39 is 23.5 Å². The van der Waals surface area contributed by atoms with Gasteiger partial charge in [0.05, 0.1) is 25.4 Å². The van der Waals surface area contributed by atoms with E-state index in [1.807, 2.05) is 110 Å². The van der Waals surface area contributed by atoms with Crippen LogP contribution in [0.25, 0.3) is 0 Å². The van der Waals surface area contributed by atoms with Crippen molar-refractivity contribution in [3.8, 4) is 0 Å². The number of anilines is 3. The number of carbonyl (C=O) groups is 2. The summed E-state index contributed by atoms with van der Waals surface area (Å²) in [4.78, 5) is 30.3. The summed E-state index contributed by atoms with van der Waals surface area (Å²) in [6.07, 6.45) is 0. The number of esters is 1. The Hall–Kier alpha value is -4.58. The lowest BCUT2D eigenvalue weighted by Crippen LogP contribution is -2.58. The number of carbonyl (C=O) groups excluding carboxylic acids is 2. The summed E-state index contributed by atoms with van der Waals surface area (Å²) in [6, 6.07) is 33.0. The van der Waals surface area contributed by atoms with E-state index >= 15 is 0 Å². The molecule has 1 amide bonds. The van der Waals surface area contributed by atoms with Crippen molar-refractivity contribution in [3.05, 3.63) is 125 Å². The molecule has 6 rings (SSSR count). The van der Waals surface area contributed by atoms with Crippen LogP contribution < -0.4 is 15.5 Å². The van der Waals surface area contributed by atoms with Gasteiger partial charge in [0.15, 0.2) is 5.54 Å². The highest BCUT2D eigenvalue weighted by Gasteiger charge is 2.63. The predicted molar refractivity (Wildman–Crippen MR) is 149 cm³/mol. The number of ether oxygens (including phenoxy) is 1. The lowest BCUT2D eigenvalue weighted by Gasteiger charge is -2.45. The van der Waals surface area contributed by atoms with Crippen LogP contribution in [0.2, 0.25) is 0 Å². The molecule has 6 nitrogen and oxygen atoms in total. The van der Waals surface area contributed by atoms with Crippen molar-refractivity contribution in [2.45, 2.75) is 25.0 Å². The first-order valence-electron chi connectivity index (χ1n) is 12.8. The van der Waals surface area contributed by atoms with Crippen LogP contribution in [0, 0.1) is 12.8 Å². The van der Waals surface area contributed by atoms with E-state index in [0.717, 1.165) is 39.3 Å². The maximum atomic E-state index is 14.7. The fourth-order valence-corrected chi connectivity index (χ4v) is 5.90. The summed E-state index contributed by atoms with van der Waals surface area (Å²) in [6.45, 7) is 2.40. The van der Waals surface area contributed by atoms with Crippen molar-refractivity contribution in [1.29, 1.82) is 0 Å². The molecule has 4 aromatic carbocycles. The number of nitrogens with zero attached hydrogens (tertiary/aromatic N) is 1. The van der Waals surface area contributed by atoms with E-state index in [4.69, 9.17) is 4.74 Å². The summed E-state index contributed by atoms with van der Waals surface area (Å²) in [5, 5.41) is 7.14. The van der Waals surface area contributed by atoms with E-state index in [9.17, 15) is 9.59 Å². The van der Waals surface area contributed by atoms with Crippen LogP contribution in [0.1, 0.15) is 28.3 Å². The van der Waals surface area contributed by atoms with Gasteiger partial charge in [-0.3, -0.25) is 9.59 Å². The molecule has 6 heteroatoms. The summed E-state index contributed by atoms with van der Waals surface area (Å²) in [5.41, 5.74) is 4.80. The van der Waals surface area contributed by atoms with E-state index in [1.165, 1.54) is 7.11 Å². The molecular formula is C32H29N3O3.